The minimum Gasteiger partial charge on any atom is -0.361 e. The first-order valence-corrected chi connectivity index (χ1v) is 8.84. The summed E-state index contributed by atoms with van der Waals surface area (Å²) in [6, 6.07) is 7.65. The lowest BCUT2D eigenvalue weighted by Gasteiger charge is -2.31. The number of carbonyl (C=O) groups is 1. The third-order valence-electron chi connectivity index (χ3n) is 5.03. The van der Waals surface area contributed by atoms with Crippen molar-refractivity contribution in [2.45, 2.75) is 57.2 Å². The molecule has 1 saturated carbocycles. The molecule has 1 heterocycles. The smallest absolute Gasteiger partial charge is 0.361 e. The van der Waals surface area contributed by atoms with Gasteiger partial charge in [-0.3, -0.25) is 4.79 Å². The van der Waals surface area contributed by atoms with E-state index in [-0.39, 0.29) is 24.8 Å². The second-order valence-electron chi connectivity index (χ2n) is 6.88. The van der Waals surface area contributed by atoms with Crippen LogP contribution in [0.5, 0.6) is 0 Å². The maximum atomic E-state index is 12.8. The monoisotopic (exact) mass is 352 g/mol. The van der Waals surface area contributed by atoms with Gasteiger partial charge in [0, 0.05) is 29.6 Å². The largest absolute Gasteiger partial charge is 0.391 e. The fourth-order valence-electron chi connectivity index (χ4n) is 3.70. The van der Waals surface area contributed by atoms with Crippen LogP contribution in [0.4, 0.5) is 13.2 Å². The zero-order chi connectivity index (χ0) is 17.9. The van der Waals surface area contributed by atoms with Crippen LogP contribution in [-0.2, 0) is 11.2 Å². The van der Waals surface area contributed by atoms with Crippen LogP contribution in [0.1, 0.15) is 44.1 Å². The van der Waals surface area contributed by atoms with Crippen LogP contribution in [-0.4, -0.2) is 23.1 Å². The fraction of sp³-hybridized carbons (Fsp3) is 0.526. The van der Waals surface area contributed by atoms with Gasteiger partial charge in [-0.05, 0) is 43.7 Å². The summed E-state index contributed by atoms with van der Waals surface area (Å²) in [5.74, 6) is -1.43. The molecule has 3 nitrogen and oxygen atoms in total. The highest BCUT2D eigenvalue weighted by molar-refractivity contribution is 5.83. The molecule has 0 bridgehead atoms. The summed E-state index contributed by atoms with van der Waals surface area (Å²) in [5.41, 5.74) is 2.24. The lowest BCUT2D eigenvalue weighted by molar-refractivity contribution is -0.184. The van der Waals surface area contributed by atoms with Gasteiger partial charge in [-0.25, -0.2) is 0 Å². The molecular weight excluding hydrogens is 329 g/mol. The number of hydrogen-bond donors (Lipinski definition) is 2. The summed E-state index contributed by atoms with van der Waals surface area (Å²) in [7, 11) is 0. The molecule has 1 aliphatic carbocycles. The van der Waals surface area contributed by atoms with Crippen LogP contribution in [0.2, 0.25) is 0 Å². The van der Waals surface area contributed by atoms with Crippen molar-refractivity contribution in [3.05, 3.63) is 36.0 Å². The van der Waals surface area contributed by atoms with E-state index in [2.05, 4.69) is 10.3 Å². The summed E-state index contributed by atoms with van der Waals surface area (Å²) in [6.07, 6.45) is 0.943. The Kier molecular flexibility index (Phi) is 5.35. The SMILES string of the molecule is O=C(CCCc1c[nH]c2ccccc12)NC1CCCC(C(F)(F)F)C1. The first-order chi connectivity index (χ1) is 11.9. The van der Waals surface area contributed by atoms with E-state index in [1.165, 1.54) is 5.56 Å². The van der Waals surface area contributed by atoms with Gasteiger partial charge < -0.3 is 10.3 Å². The molecule has 1 fully saturated rings. The van der Waals surface area contributed by atoms with Gasteiger partial charge in [0.05, 0.1) is 5.92 Å². The average molecular weight is 352 g/mol. The van der Waals surface area contributed by atoms with Crippen molar-refractivity contribution < 1.29 is 18.0 Å². The van der Waals surface area contributed by atoms with E-state index in [1.807, 2.05) is 30.5 Å². The second-order valence-corrected chi connectivity index (χ2v) is 6.88. The summed E-state index contributed by atoms with van der Waals surface area (Å²) < 4.78 is 38.5. The van der Waals surface area contributed by atoms with Crippen molar-refractivity contribution in [1.29, 1.82) is 0 Å². The van der Waals surface area contributed by atoms with Gasteiger partial charge >= 0.3 is 6.18 Å². The number of aryl methyl sites for hydroxylation is 1. The number of nitrogens with one attached hydrogen (secondary N) is 2. The Hall–Kier alpha value is -1.98. The Morgan fingerprint density at radius 1 is 1.24 bits per heavy atom. The Morgan fingerprint density at radius 2 is 2.04 bits per heavy atom. The Morgan fingerprint density at radius 3 is 2.84 bits per heavy atom. The molecule has 1 aliphatic rings. The predicted molar refractivity (Wildman–Crippen MR) is 91.2 cm³/mol. The molecule has 25 heavy (non-hydrogen) atoms. The molecule has 2 unspecified atom stereocenters. The van der Waals surface area contributed by atoms with E-state index in [0.717, 1.165) is 17.3 Å². The highest BCUT2D eigenvalue weighted by Crippen LogP contribution is 2.37. The van der Waals surface area contributed by atoms with Crippen molar-refractivity contribution in [2.24, 2.45) is 5.92 Å². The molecule has 6 heteroatoms. The molecule has 2 aromatic rings. The van der Waals surface area contributed by atoms with Gasteiger partial charge in [0.15, 0.2) is 0 Å². The zero-order valence-electron chi connectivity index (χ0n) is 14.0. The number of fused-ring (bicyclic) bond motifs is 1. The number of hydrogen-bond acceptors (Lipinski definition) is 1. The number of H-pyrrole nitrogens is 1. The Bertz CT molecular complexity index is 723. The number of halogens is 3. The summed E-state index contributed by atoms with van der Waals surface area (Å²) >= 11 is 0. The van der Waals surface area contributed by atoms with Gasteiger partial charge in [-0.15, -0.1) is 0 Å². The van der Waals surface area contributed by atoms with Crippen molar-refractivity contribution >= 4 is 16.8 Å². The molecule has 2 N–H and O–H groups in total. The van der Waals surface area contributed by atoms with Gasteiger partial charge in [0.25, 0.3) is 0 Å². The van der Waals surface area contributed by atoms with Crippen LogP contribution in [0.15, 0.2) is 30.5 Å². The van der Waals surface area contributed by atoms with Crippen molar-refractivity contribution in [3.63, 3.8) is 0 Å². The van der Waals surface area contributed by atoms with Gasteiger partial charge in [-0.2, -0.15) is 13.2 Å². The second kappa shape index (κ2) is 7.50. The first kappa shape index (κ1) is 17.8. The summed E-state index contributed by atoms with van der Waals surface area (Å²) in [5, 5.41) is 3.95. The third-order valence-corrected chi connectivity index (χ3v) is 5.03. The fourth-order valence-corrected chi connectivity index (χ4v) is 3.70. The number of amides is 1. The highest BCUT2D eigenvalue weighted by Gasteiger charge is 2.42. The summed E-state index contributed by atoms with van der Waals surface area (Å²) in [6.45, 7) is 0. The number of benzene rings is 1. The molecule has 3 rings (SSSR count). The van der Waals surface area contributed by atoms with E-state index in [1.54, 1.807) is 0 Å². The molecule has 0 saturated heterocycles. The van der Waals surface area contributed by atoms with Crippen LogP contribution in [0, 0.1) is 5.92 Å². The number of para-hydroxylation sites is 1. The van der Waals surface area contributed by atoms with Crippen molar-refractivity contribution in [1.82, 2.24) is 10.3 Å². The average Bonchev–Trinajstić information content (AvgIpc) is 2.98. The van der Waals surface area contributed by atoms with Gasteiger partial charge in [-0.1, -0.05) is 24.6 Å². The van der Waals surface area contributed by atoms with E-state index in [9.17, 15) is 18.0 Å². The molecule has 1 aromatic carbocycles. The number of aromatic amines is 1. The van der Waals surface area contributed by atoms with E-state index < -0.39 is 12.1 Å². The van der Waals surface area contributed by atoms with Crippen molar-refractivity contribution in [3.8, 4) is 0 Å². The molecule has 0 aliphatic heterocycles. The standard InChI is InChI=1S/C19H23F3N2O/c20-19(21,22)14-6-4-7-15(11-14)24-18(25)10-3-5-13-12-23-17-9-2-1-8-16(13)17/h1-2,8-9,12,14-15,23H,3-7,10-11H2,(H,24,25). The normalized spacial score (nSPS) is 21.4. The minimum atomic E-state index is -4.15. The Balaban J connectivity index is 1.45. The van der Waals surface area contributed by atoms with Crippen LogP contribution < -0.4 is 5.32 Å². The number of aromatic nitrogens is 1. The number of alkyl halides is 3. The molecular formula is C19H23F3N2O. The van der Waals surface area contributed by atoms with E-state index in [0.29, 0.717) is 25.7 Å². The third kappa shape index (κ3) is 4.55. The highest BCUT2D eigenvalue weighted by atomic mass is 19.4. The van der Waals surface area contributed by atoms with E-state index in [4.69, 9.17) is 0 Å². The van der Waals surface area contributed by atoms with Crippen LogP contribution in [0.25, 0.3) is 10.9 Å². The van der Waals surface area contributed by atoms with Crippen molar-refractivity contribution in [2.75, 3.05) is 0 Å². The maximum absolute atomic E-state index is 12.8. The zero-order valence-corrected chi connectivity index (χ0v) is 14.0. The maximum Gasteiger partial charge on any atom is 0.391 e. The summed E-state index contributed by atoms with van der Waals surface area (Å²) in [4.78, 5) is 15.3. The van der Waals surface area contributed by atoms with Crippen LogP contribution >= 0.6 is 0 Å². The number of rotatable bonds is 5. The van der Waals surface area contributed by atoms with Gasteiger partial charge in [0.1, 0.15) is 0 Å². The molecule has 0 spiro atoms. The molecule has 1 aromatic heterocycles. The molecule has 1 amide bonds. The topological polar surface area (TPSA) is 44.9 Å². The van der Waals surface area contributed by atoms with Gasteiger partial charge in [0.2, 0.25) is 5.91 Å². The van der Waals surface area contributed by atoms with Crippen LogP contribution in [0.3, 0.4) is 0 Å². The first-order valence-electron chi connectivity index (χ1n) is 8.84. The van der Waals surface area contributed by atoms with E-state index >= 15 is 0 Å². The molecule has 136 valence electrons. The lowest BCUT2D eigenvalue weighted by Crippen LogP contribution is -2.41. The quantitative estimate of drug-likeness (QED) is 0.803. The number of carbonyl (C=O) groups excluding carboxylic acids is 1. The Labute approximate surface area is 145 Å². The minimum absolute atomic E-state index is 0.0116. The predicted octanol–water partition coefficient (Wildman–Crippen LogP) is 4.73. The lowest BCUT2D eigenvalue weighted by atomic mass is 9.85. The molecule has 2 atom stereocenters. The molecule has 0 radical (unpaired) electrons.